The third kappa shape index (κ3) is 2.12. The lowest BCUT2D eigenvalue weighted by atomic mass is 10.1. The number of carbonyl (C=O) groups excluding carboxylic acids is 1. The van der Waals surface area contributed by atoms with E-state index in [2.05, 4.69) is 5.32 Å². The Labute approximate surface area is 92.5 Å². The minimum atomic E-state index is -0.106. The van der Waals surface area contributed by atoms with Gasteiger partial charge in [0.15, 0.2) is 0 Å². The van der Waals surface area contributed by atoms with E-state index in [0.717, 1.165) is 11.3 Å². The number of hydrogen-bond donors (Lipinski definition) is 2. The van der Waals surface area contributed by atoms with Crippen LogP contribution in [0, 0.1) is 0 Å². The van der Waals surface area contributed by atoms with Crippen LogP contribution in [0.4, 0.5) is 5.69 Å². The van der Waals surface area contributed by atoms with Crippen molar-refractivity contribution in [1.82, 2.24) is 0 Å². The monoisotopic (exact) mass is 217 g/mol. The van der Waals surface area contributed by atoms with Gasteiger partial charge < -0.3 is 14.8 Å². The molecule has 0 bridgehead atoms. The largest absolute Gasteiger partial charge is 0.459 e. The van der Waals surface area contributed by atoms with Gasteiger partial charge in [-0.15, -0.1) is 0 Å². The molecule has 4 nitrogen and oxygen atoms in total. The second kappa shape index (κ2) is 4.63. The van der Waals surface area contributed by atoms with Crippen LogP contribution in [0.25, 0.3) is 11.3 Å². The van der Waals surface area contributed by atoms with Gasteiger partial charge >= 0.3 is 0 Å². The van der Waals surface area contributed by atoms with Gasteiger partial charge in [0.05, 0.1) is 0 Å². The first-order valence-corrected chi connectivity index (χ1v) is 4.83. The molecule has 82 valence electrons. The average Bonchev–Trinajstić information content (AvgIpc) is 2.79. The van der Waals surface area contributed by atoms with Crippen LogP contribution in [0.2, 0.25) is 0 Å². The van der Waals surface area contributed by atoms with E-state index in [4.69, 9.17) is 9.52 Å². The predicted molar refractivity (Wildman–Crippen MR) is 59.8 cm³/mol. The highest BCUT2D eigenvalue weighted by Gasteiger charge is 2.03. The Balaban J connectivity index is 2.23. The summed E-state index contributed by atoms with van der Waals surface area (Å²) >= 11 is 0. The summed E-state index contributed by atoms with van der Waals surface area (Å²) in [5.74, 6) is 1.23. The standard InChI is InChI=1S/C12H11NO3/c14-7-11-5-6-12(16-11)9-1-3-10(4-2-9)13-8-15/h1-6,8,14H,7H2,(H,13,15). The van der Waals surface area contributed by atoms with Crippen LogP contribution >= 0.6 is 0 Å². The second-order valence-corrected chi connectivity index (χ2v) is 3.26. The smallest absolute Gasteiger partial charge is 0.211 e. The first-order chi connectivity index (χ1) is 7.83. The van der Waals surface area contributed by atoms with Gasteiger partial charge in [-0.1, -0.05) is 0 Å². The van der Waals surface area contributed by atoms with Crippen molar-refractivity contribution in [2.45, 2.75) is 6.61 Å². The molecule has 0 aliphatic carbocycles. The highest BCUT2D eigenvalue weighted by Crippen LogP contribution is 2.23. The summed E-state index contributed by atoms with van der Waals surface area (Å²) in [4.78, 5) is 10.2. The van der Waals surface area contributed by atoms with Crippen LogP contribution in [0.3, 0.4) is 0 Å². The number of furan rings is 1. The molecule has 0 aliphatic rings. The molecule has 0 saturated heterocycles. The first-order valence-electron chi connectivity index (χ1n) is 4.83. The molecule has 0 atom stereocenters. The molecule has 2 aromatic rings. The topological polar surface area (TPSA) is 62.5 Å². The van der Waals surface area contributed by atoms with Crippen molar-refractivity contribution in [3.05, 3.63) is 42.2 Å². The number of amides is 1. The lowest BCUT2D eigenvalue weighted by Crippen LogP contribution is -1.92. The Morgan fingerprint density at radius 3 is 2.50 bits per heavy atom. The number of aliphatic hydroxyl groups excluding tert-OH is 1. The van der Waals surface area contributed by atoms with Crippen LogP contribution < -0.4 is 5.32 Å². The summed E-state index contributed by atoms with van der Waals surface area (Å²) in [7, 11) is 0. The summed E-state index contributed by atoms with van der Waals surface area (Å²) in [6.45, 7) is -0.106. The summed E-state index contributed by atoms with van der Waals surface area (Å²) in [6.07, 6.45) is 0.631. The van der Waals surface area contributed by atoms with Gasteiger partial charge in [0.1, 0.15) is 18.1 Å². The van der Waals surface area contributed by atoms with Gasteiger partial charge in [-0.2, -0.15) is 0 Å². The molecule has 1 amide bonds. The maximum atomic E-state index is 10.2. The molecule has 1 heterocycles. The molecule has 0 radical (unpaired) electrons. The molecular formula is C12H11NO3. The maximum absolute atomic E-state index is 10.2. The molecule has 0 spiro atoms. The van der Waals surface area contributed by atoms with E-state index in [9.17, 15) is 4.79 Å². The minimum absolute atomic E-state index is 0.106. The van der Waals surface area contributed by atoms with E-state index < -0.39 is 0 Å². The molecule has 0 saturated carbocycles. The van der Waals surface area contributed by atoms with E-state index in [0.29, 0.717) is 17.9 Å². The molecule has 0 aliphatic heterocycles. The number of aliphatic hydroxyl groups is 1. The maximum Gasteiger partial charge on any atom is 0.211 e. The molecule has 4 heteroatoms. The Morgan fingerprint density at radius 1 is 1.19 bits per heavy atom. The highest BCUT2D eigenvalue weighted by atomic mass is 16.4. The fourth-order valence-corrected chi connectivity index (χ4v) is 1.42. The number of benzene rings is 1. The molecule has 2 N–H and O–H groups in total. The van der Waals surface area contributed by atoms with Crippen molar-refractivity contribution in [3.8, 4) is 11.3 Å². The predicted octanol–water partition coefficient (Wildman–Crippen LogP) is 2.01. The van der Waals surface area contributed by atoms with E-state index >= 15 is 0 Å². The lowest BCUT2D eigenvalue weighted by molar-refractivity contribution is -0.105. The van der Waals surface area contributed by atoms with E-state index in [1.807, 2.05) is 12.1 Å². The fourth-order valence-electron chi connectivity index (χ4n) is 1.42. The van der Waals surface area contributed by atoms with Gasteiger partial charge in [0.2, 0.25) is 6.41 Å². The molecule has 1 aromatic carbocycles. The van der Waals surface area contributed by atoms with Gasteiger partial charge in [0, 0.05) is 11.3 Å². The zero-order chi connectivity index (χ0) is 11.4. The number of nitrogens with one attached hydrogen (secondary N) is 1. The van der Waals surface area contributed by atoms with Crippen molar-refractivity contribution < 1.29 is 14.3 Å². The van der Waals surface area contributed by atoms with Crippen molar-refractivity contribution in [2.24, 2.45) is 0 Å². The van der Waals surface area contributed by atoms with E-state index in [1.165, 1.54) is 0 Å². The average molecular weight is 217 g/mol. The summed E-state index contributed by atoms with van der Waals surface area (Å²) in [5, 5.41) is 11.4. The molecule has 2 rings (SSSR count). The Hall–Kier alpha value is -2.07. The number of anilines is 1. The number of carbonyl (C=O) groups is 1. The summed E-state index contributed by atoms with van der Waals surface area (Å²) in [6, 6.07) is 10.8. The first kappa shape index (κ1) is 10.4. The van der Waals surface area contributed by atoms with Crippen molar-refractivity contribution in [3.63, 3.8) is 0 Å². The van der Waals surface area contributed by atoms with Crippen molar-refractivity contribution >= 4 is 12.1 Å². The molecule has 0 fully saturated rings. The Bertz CT molecular complexity index is 473. The van der Waals surface area contributed by atoms with Gasteiger partial charge in [0.25, 0.3) is 0 Å². The van der Waals surface area contributed by atoms with E-state index in [-0.39, 0.29) is 6.61 Å². The third-order valence-corrected chi connectivity index (χ3v) is 2.21. The van der Waals surface area contributed by atoms with Crippen LogP contribution in [-0.4, -0.2) is 11.5 Å². The van der Waals surface area contributed by atoms with Crippen molar-refractivity contribution in [1.29, 1.82) is 0 Å². The fraction of sp³-hybridized carbons (Fsp3) is 0.0833. The zero-order valence-corrected chi connectivity index (χ0v) is 8.51. The summed E-state index contributed by atoms with van der Waals surface area (Å²) < 4.78 is 5.38. The molecule has 1 aromatic heterocycles. The van der Waals surface area contributed by atoms with Crippen molar-refractivity contribution in [2.75, 3.05) is 5.32 Å². The summed E-state index contributed by atoms with van der Waals surface area (Å²) in [5.41, 5.74) is 1.63. The normalized spacial score (nSPS) is 10.1. The van der Waals surface area contributed by atoms with Crippen LogP contribution in [0.5, 0.6) is 0 Å². The van der Waals surface area contributed by atoms with Crippen LogP contribution in [-0.2, 0) is 11.4 Å². The molecule has 16 heavy (non-hydrogen) atoms. The van der Waals surface area contributed by atoms with Crippen LogP contribution in [0.1, 0.15) is 5.76 Å². The van der Waals surface area contributed by atoms with Gasteiger partial charge in [-0.05, 0) is 36.4 Å². The quantitative estimate of drug-likeness (QED) is 0.770. The Morgan fingerprint density at radius 2 is 1.94 bits per heavy atom. The number of rotatable bonds is 4. The molecule has 0 unspecified atom stereocenters. The molecular weight excluding hydrogens is 206 g/mol. The Kier molecular flexibility index (Phi) is 3.03. The van der Waals surface area contributed by atoms with E-state index in [1.54, 1.807) is 24.3 Å². The number of hydrogen-bond acceptors (Lipinski definition) is 3. The van der Waals surface area contributed by atoms with Crippen LogP contribution in [0.15, 0.2) is 40.8 Å². The zero-order valence-electron chi connectivity index (χ0n) is 8.51. The highest BCUT2D eigenvalue weighted by molar-refractivity contribution is 5.72. The lowest BCUT2D eigenvalue weighted by Gasteiger charge is -2.00. The van der Waals surface area contributed by atoms with Gasteiger partial charge in [-0.25, -0.2) is 0 Å². The third-order valence-electron chi connectivity index (χ3n) is 2.21. The second-order valence-electron chi connectivity index (χ2n) is 3.26. The SMILES string of the molecule is O=CNc1ccc(-c2ccc(CO)o2)cc1. The van der Waals surface area contributed by atoms with Gasteiger partial charge in [-0.3, -0.25) is 4.79 Å². The minimum Gasteiger partial charge on any atom is -0.459 e.